The molecule has 6 aromatic carbocycles. The normalized spacial score (nSPS) is 19.8. The Balaban J connectivity index is 0.000000192. The molecule has 6 aliphatic rings. The first kappa shape index (κ1) is 92.6. The molecule has 0 aromatic heterocycles. The summed E-state index contributed by atoms with van der Waals surface area (Å²) in [6.45, 7) is 13.9. The van der Waals surface area contributed by atoms with Crippen LogP contribution in [0.3, 0.4) is 0 Å². The van der Waals surface area contributed by atoms with Gasteiger partial charge in [-0.05, 0) is 212 Å². The van der Waals surface area contributed by atoms with E-state index in [2.05, 4.69) is 10.6 Å². The first-order valence-corrected chi connectivity index (χ1v) is 40.4. The van der Waals surface area contributed by atoms with Crippen molar-refractivity contribution in [2.75, 3.05) is 110 Å². The Bertz CT molecular complexity index is 4500. The summed E-state index contributed by atoms with van der Waals surface area (Å²) in [5.41, 5.74) is 9.65. The average Bonchev–Trinajstić information content (AvgIpc) is 1.03. The lowest BCUT2D eigenvalue weighted by molar-refractivity contribution is -0.142. The van der Waals surface area contributed by atoms with Gasteiger partial charge < -0.3 is 107 Å². The minimum Gasteiger partial charge on any atom is -0.493 e. The summed E-state index contributed by atoms with van der Waals surface area (Å²) in [6.07, 6.45) is 7.59. The number of carbonyl (C=O) groups is 8. The van der Waals surface area contributed by atoms with Crippen LogP contribution in [0, 0.1) is 35.5 Å². The fourth-order valence-corrected chi connectivity index (χ4v) is 15.1. The summed E-state index contributed by atoms with van der Waals surface area (Å²) in [5, 5.41) is 5.67. The van der Waals surface area contributed by atoms with E-state index < -0.39 is 29.3 Å². The quantitative estimate of drug-likeness (QED) is 0.0258. The zero-order valence-electron chi connectivity index (χ0n) is 71.1. The number of hydrogen-bond acceptors (Lipinski definition) is 26. The number of rotatable bonds is 26. The van der Waals surface area contributed by atoms with Crippen molar-refractivity contribution in [3.05, 3.63) is 143 Å². The number of cyclic esters (lactones) is 3. The highest BCUT2D eigenvalue weighted by atomic mass is 35.5. The molecule has 1 saturated carbocycles. The van der Waals surface area contributed by atoms with E-state index in [-0.39, 0.29) is 88.7 Å². The van der Waals surface area contributed by atoms with Gasteiger partial charge in [0.05, 0.1) is 108 Å². The van der Waals surface area contributed by atoms with E-state index in [4.69, 9.17) is 97.9 Å². The monoisotopic (exact) mass is 1690 g/mol. The second-order valence-electron chi connectivity index (χ2n) is 32.0. The molecule has 0 unspecified atom stereocenters. The van der Waals surface area contributed by atoms with Gasteiger partial charge >= 0.3 is 47.7 Å². The molecular weight excluding hydrogens is 1570 g/mol. The van der Waals surface area contributed by atoms with Crippen LogP contribution in [0.2, 0.25) is 0 Å². The zero-order valence-corrected chi connectivity index (χ0v) is 71.8. The number of methoxy groups -OCH3 is 9. The maximum atomic E-state index is 12.9. The van der Waals surface area contributed by atoms with Crippen LogP contribution in [-0.4, -0.2) is 197 Å². The summed E-state index contributed by atoms with van der Waals surface area (Å²) in [7, 11) is 14.0. The highest BCUT2D eigenvalue weighted by Gasteiger charge is 2.41. The molecule has 4 amide bonds. The molecule has 30 nitrogen and oxygen atoms in total. The minimum absolute atomic E-state index is 0.0157. The molecule has 120 heavy (non-hydrogen) atoms. The second kappa shape index (κ2) is 43.6. The molecule has 5 aliphatic heterocycles. The van der Waals surface area contributed by atoms with Crippen molar-refractivity contribution < 1.29 is 119 Å². The van der Waals surface area contributed by atoms with Gasteiger partial charge in [0.25, 0.3) is 0 Å². The van der Waals surface area contributed by atoms with Crippen LogP contribution in [0.4, 0.5) is 24.0 Å². The van der Waals surface area contributed by atoms with E-state index >= 15 is 0 Å². The third-order valence-electron chi connectivity index (χ3n) is 21.1. The number of carbonyl (C=O) groups excluding carboxylic acids is 8. The Morgan fingerprint density at radius 1 is 0.383 bits per heavy atom. The molecule has 0 radical (unpaired) electrons. The van der Waals surface area contributed by atoms with E-state index in [1.807, 2.05) is 87.5 Å². The number of nitrogens with zero attached hydrogens (tertiary/aromatic N) is 2. The number of nitrogens with one attached hydrogen (secondary N) is 2. The molecule has 8 atom stereocenters. The molecule has 6 aromatic rings. The summed E-state index contributed by atoms with van der Waals surface area (Å²) < 4.78 is 91.1. The zero-order chi connectivity index (χ0) is 87.0. The van der Waals surface area contributed by atoms with Gasteiger partial charge in [-0.15, -0.1) is 0 Å². The molecular formula is C89H114ClN5O25. The number of esters is 3. The van der Waals surface area contributed by atoms with Crippen molar-refractivity contribution in [2.24, 2.45) is 41.2 Å². The molecule has 6 fully saturated rings. The average molecular weight is 1690 g/mol. The van der Waals surface area contributed by atoms with Gasteiger partial charge in [-0.25, -0.2) is 24.0 Å². The molecule has 5 heterocycles. The fourth-order valence-electron chi connectivity index (χ4n) is 15.1. The predicted molar refractivity (Wildman–Crippen MR) is 443 cm³/mol. The van der Waals surface area contributed by atoms with Gasteiger partial charge in [-0.1, -0.05) is 49.2 Å². The van der Waals surface area contributed by atoms with Gasteiger partial charge in [-0.2, -0.15) is 0 Å². The standard InChI is InChI=1S/C31H40N2O9.C26H32N2O7.C22H23ClO7.C10H19NO2/c1-31(2,3)42-29(35)32-22-11-12-33(17-22)30(36)41-25-10-8-20(16-27(25)39-6)14-23-21(18-40-28(23)34)13-19-7-9-24(37-4)26(15-19)38-5;1-31-21-6-4-16(12-23(21)32-2)10-18-15-34-25(29)20(18)11-17-5-7-22(24(13-17)33-3)35-26(30)28-9-8-19(27)14-28;1-26-17-6-4-13(10-19(17)27-2)8-15-12-29-21(24)16(15)9-14-5-7-18(30-22(23)25)20(11-14)28-3;1-10(2,3)13-9(12)11-8-6-4-5-7-8/h7-10,15-16,21-23H,11-14,17-18H2,1-6H3,(H,32,35);4-7,12-13,18-20H,8-11,14-15,27H2,1-3H3;4-7,10-11,15-16H,8-9,12H2,1-3H3;8H,4-7H2,1-3H3,(H,11,12)/t21-,22-,23+;18-,19-,20+;15-,16+;/m000./s1. The van der Waals surface area contributed by atoms with Crippen molar-refractivity contribution in [3.8, 4) is 69.0 Å². The van der Waals surface area contributed by atoms with Crippen molar-refractivity contribution in [2.45, 2.75) is 148 Å². The van der Waals surface area contributed by atoms with Crippen LogP contribution in [0.15, 0.2) is 109 Å². The Hall–Kier alpha value is -11.3. The van der Waals surface area contributed by atoms with Crippen molar-refractivity contribution in [3.63, 3.8) is 0 Å². The Morgan fingerprint density at radius 2 is 0.667 bits per heavy atom. The van der Waals surface area contributed by atoms with E-state index in [0.717, 1.165) is 52.6 Å². The lowest BCUT2D eigenvalue weighted by Crippen LogP contribution is -2.41. The number of alkyl carbamates (subject to hydrolysis) is 2. The fraction of sp³-hybridized carbons (Fsp3) is 0.506. The largest absolute Gasteiger partial charge is 0.493 e. The number of likely N-dealkylation sites (tertiary alicyclic amines) is 2. The molecule has 4 N–H and O–H groups in total. The molecule has 0 spiro atoms. The summed E-state index contributed by atoms with van der Waals surface area (Å²) in [6, 6.07) is 33.0. The van der Waals surface area contributed by atoms with Crippen LogP contribution in [0.5, 0.6) is 69.0 Å². The van der Waals surface area contributed by atoms with E-state index in [1.54, 1.807) is 111 Å². The summed E-state index contributed by atoms with van der Waals surface area (Å²) in [4.78, 5) is 100. The van der Waals surface area contributed by atoms with Crippen molar-refractivity contribution in [1.29, 1.82) is 0 Å². The number of halogens is 1. The van der Waals surface area contributed by atoms with Gasteiger partial charge in [0.2, 0.25) is 0 Å². The number of nitrogens with two attached hydrogens (primary N) is 1. The highest BCUT2D eigenvalue weighted by Crippen LogP contribution is 2.41. The Kier molecular flexibility index (Phi) is 33.7. The molecule has 5 saturated heterocycles. The highest BCUT2D eigenvalue weighted by molar-refractivity contribution is 6.61. The third kappa shape index (κ3) is 26.9. The van der Waals surface area contributed by atoms with Gasteiger partial charge in [0.15, 0.2) is 69.0 Å². The number of hydrogen-bond donors (Lipinski definition) is 3. The van der Waals surface area contributed by atoms with E-state index in [1.165, 1.54) is 39.1 Å². The Labute approximate surface area is 706 Å². The second-order valence-corrected chi connectivity index (χ2v) is 32.3. The van der Waals surface area contributed by atoms with Crippen molar-refractivity contribution in [1.82, 2.24) is 20.4 Å². The predicted octanol–water partition coefficient (Wildman–Crippen LogP) is 13.7. The SMILES string of the molecule is CC(C)(C)OC(=O)NC1CCCC1.COc1ccc(C[C@H]2COC(=O)[C@@H]2Cc2ccc(OC(=O)Cl)c(OC)c2)cc1OC.COc1ccc(C[C@H]2COC(=O)[C@@H]2Cc2ccc(OC(=O)N3CC[C@H](N)C3)c(OC)c2)cc1OC.COc1ccc(C[C@H]2COC(=O)[C@@H]2Cc2ccc(OC(=O)N3CC[C@H](NC(=O)OC(C)(C)C)C3)c(OC)c2)cc1OC. The van der Waals surface area contributed by atoms with Crippen LogP contribution in [0.25, 0.3) is 0 Å². The topological polar surface area (TPSA) is 350 Å². The minimum atomic E-state index is -0.949. The number of benzene rings is 6. The molecule has 0 bridgehead atoms. The van der Waals surface area contributed by atoms with Crippen LogP contribution in [-0.2, 0) is 76.6 Å². The van der Waals surface area contributed by atoms with Crippen LogP contribution < -0.4 is 73.2 Å². The van der Waals surface area contributed by atoms with Crippen LogP contribution in [0.1, 0.15) is 113 Å². The first-order chi connectivity index (χ1) is 57.3. The molecule has 31 heteroatoms. The van der Waals surface area contributed by atoms with Crippen molar-refractivity contribution >= 4 is 59.3 Å². The number of ether oxygens (including phenoxy) is 17. The summed E-state index contributed by atoms with van der Waals surface area (Å²) >= 11 is 5.28. The lowest BCUT2D eigenvalue weighted by atomic mass is 9.85. The third-order valence-corrected chi connectivity index (χ3v) is 21.2. The van der Waals surface area contributed by atoms with Crippen LogP contribution >= 0.6 is 11.6 Å². The number of amides is 4. The van der Waals surface area contributed by atoms with Gasteiger partial charge in [-0.3, -0.25) is 14.4 Å². The smallest absolute Gasteiger partial charge is 0.415 e. The first-order valence-electron chi connectivity index (χ1n) is 40.0. The summed E-state index contributed by atoms with van der Waals surface area (Å²) in [5.74, 6) is 4.29. The maximum Gasteiger partial charge on any atom is 0.415 e. The molecule has 12 rings (SSSR count). The van der Waals surface area contributed by atoms with Gasteiger partial charge in [0.1, 0.15) is 11.2 Å². The molecule has 1 aliphatic carbocycles. The molecule has 652 valence electrons. The maximum absolute atomic E-state index is 12.9. The Morgan fingerprint density at radius 3 is 0.967 bits per heavy atom. The van der Waals surface area contributed by atoms with E-state index in [0.29, 0.717) is 154 Å². The van der Waals surface area contributed by atoms with Gasteiger partial charge in [0, 0.05) is 67.6 Å². The lowest BCUT2D eigenvalue weighted by Gasteiger charge is -2.22. The van der Waals surface area contributed by atoms with E-state index in [9.17, 15) is 38.4 Å².